The van der Waals surface area contributed by atoms with Gasteiger partial charge in [0, 0.05) is 25.0 Å². The van der Waals surface area contributed by atoms with Crippen molar-refractivity contribution in [3.8, 4) is 0 Å². The Hall–Kier alpha value is -1.66. The van der Waals surface area contributed by atoms with E-state index in [4.69, 9.17) is 5.84 Å². The predicted octanol–water partition coefficient (Wildman–Crippen LogP) is 1.14. The standard InChI is InChI=1S/C14H25N5O/c1-4-7-19(5-2)8-6-16-14(20)12-10-17-11(3)9-13(12)18-15/h9-10H,4-8,15H2,1-3H3,(H,16,20)(H,17,18). The van der Waals surface area contributed by atoms with Gasteiger partial charge in [0.15, 0.2) is 0 Å². The Balaban J connectivity index is 2.54. The molecule has 0 aliphatic carbocycles. The number of anilines is 1. The highest BCUT2D eigenvalue weighted by atomic mass is 16.1. The van der Waals surface area contributed by atoms with Gasteiger partial charge < -0.3 is 15.6 Å². The number of rotatable bonds is 8. The van der Waals surface area contributed by atoms with Gasteiger partial charge >= 0.3 is 0 Å². The van der Waals surface area contributed by atoms with Crippen LogP contribution in [-0.4, -0.2) is 42.0 Å². The van der Waals surface area contributed by atoms with E-state index in [1.807, 2.05) is 6.92 Å². The second kappa shape index (κ2) is 8.50. The van der Waals surface area contributed by atoms with Crippen molar-refractivity contribution < 1.29 is 4.79 Å². The second-order valence-electron chi connectivity index (χ2n) is 4.71. The van der Waals surface area contributed by atoms with Crippen molar-refractivity contribution in [2.45, 2.75) is 27.2 Å². The average Bonchev–Trinajstić information content (AvgIpc) is 2.45. The third kappa shape index (κ3) is 4.79. The van der Waals surface area contributed by atoms with Crippen molar-refractivity contribution in [2.75, 3.05) is 31.6 Å². The highest BCUT2D eigenvalue weighted by molar-refractivity contribution is 5.99. The van der Waals surface area contributed by atoms with Crippen LogP contribution >= 0.6 is 0 Å². The molecule has 0 fully saturated rings. The molecule has 6 nitrogen and oxygen atoms in total. The van der Waals surface area contributed by atoms with E-state index in [0.717, 1.165) is 31.7 Å². The zero-order valence-electron chi connectivity index (χ0n) is 12.6. The van der Waals surface area contributed by atoms with E-state index >= 15 is 0 Å². The topological polar surface area (TPSA) is 83.3 Å². The molecule has 0 aliphatic rings. The lowest BCUT2D eigenvalue weighted by molar-refractivity contribution is 0.0949. The lowest BCUT2D eigenvalue weighted by Crippen LogP contribution is -2.35. The zero-order valence-corrected chi connectivity index (χ0v) is 12.6. The Kier molecular flexibility index (Phi) is 6.97. The fourth-order valence-corrected chi connectivity index (χ4v) is 2.03. The number of pyridine rings is 1. The summed E-state index contributed by atoms with van der Waals surface area (Å²) < 4.78 is 0. The normalized spacial score (nSPS) is 10.7. The Labute approximate surface area is 120 Å². The van der Waals surface area contributed by atoms with Crippen molar-refractivity contribution in [3.63, 3.8) is 0 Å². The number of nitrogens with two attached hydrogens (primary N) is 1. The SMILES string of the molecule is CCCN(CC)CCNC(=O)c1cnc(C)cc1NN. The van der Waals surface area contributed by atoms with Crippen molar-refractivity contribution >= 4 is 11.6 Å². The van der Waals surface area contributed by atoms with Crippen molar-refractivity contribution in [2.24, 2.45) is 5.84 Å². The number of nitrogen functional groups attached to an aromatic ring is 1. The van der Waals surface area contributed by atoms with Gasteiger partial charge in [-0.1, -0.05) is 13.8 Å². The molecule has 6 heteroatoms. The Morgan fingerprint density at radius 2 is 2.15 bits per heavy atom. The van der Waals surface area contributed by atoms with E-state index in [0.29, 0.717) is 17.8 Å². The van der Waals surface area contributed by atoms with Crippen LogP contribution in [0.5, 0.6) is 0 Å². The van der Waals surface area contributed by atoms with Crippen LogP contribution in [0.1, 0.15) is 36.3 Å². The zero-order chi connectivity index (χ0) is 15.0. The van der Waals surface area contributed by atoms with E-state index in [2.05, 4.69) is 34.5 Å². The largest absolute Gasteiger partial charge is 0.351 e. The molecule has 1 rings (SSSR count). The smallest absolute Gasteiger partial charge is 0.255 e. The molecule has 1 aromatic heterocycles. The van der Waals surface area contributed by atoms with Crippen molar-refractivity contribution in [3.05, 3.63) is 23.5 Å². The lowest BCUT2D eigenvalue weighted by Gasteiger charge is -2.19. The van der Waals surface area contributed by atoms with Crippen LogP contribution in [-0.2, 0) is 0 Å². The number of aromatic nitrogens is 1. The number of aryl methyl sites for hydroxylation is 1. The first-order valence-corrected chi connectivity index (χ1v) is 7.06. The van der Waals surface area contributed by atoms with Crippen LogP contribution in [0.25, 0.3) is 0 Å². The third-order valence-electron chi connectivity index (χ3n) is 3.14. The molecule has 1 aromatic rings. The summed E-state index contributed by atoms with van der Waals surface area (Å²) in [4.78, 5) is 18.5. The molecular weight excluding hydrogens is 254 g/mol. The summed E-state index contributed by atoms with van der Waals surface area (Å²) in [5.74, 6) is 5.27. The number of nitrogens with one attached hydrogen (secondary N) is 2. The van der Waals surface area contributed by atoms with Crippen LogP contribution < -0.4 is 16.6 Å². The molecular formula is C14H25N5O. The maximum Gasteiger partial charge on any atom is 0.255 e. The van der Waals surface area contributed by atoms with Gasteiger partial charge in [-0.3, -0.25) is 15.6 Å². The number of likely N-dealkylation sites (N-methyl/N-ethyl adjacent to an activating group) is 1. The first-order valence-electron chi connectivity index (χ1n) is 7.06. The van der Waals surface area contributed by atoms with E-state index in [-0.39, 0.29) is 5.91 Å². The highest BCUT2D eigenvalue weighted by Crippen LogP contribution is 2.13. The third-order valence-corrected chi connectivity index (χ3v) is 3.14. The van der Waals surface area contributed by atoms with E-state index in [1.165, 1.54) is 0 Å². The number of hydrogen-bond donors (Lipinski definition) is 3. The molecule has 4 N–H and O–H groups in total. The molecule has 0 aromatic carbocycles. The molecule has 0 saturated carbocycles. The first-order chi connectivity index (χ1) is 9.62. The van der Waals surface area contributed by atoms with Crippen LogP contribution in [0.4, 0.5) is 5.69 Å². The summed E-state index contributed by atoms with van der Waals surface area (Å²) in [6.07, 6.45) is 2.66. The molecule has 0 saturated heterocycles. The molecule has 0 radical (unpaired) electrons. The van der Waals surface area contributed by atoms with Crippen LogP contribution in [0.15, 0.2) is 12.3 Å². The van der Waals surface area contributed by atoms with Crippen molar-refractivity contribution in [1.29, 1.82) is 0 Å². The van der Waals surface area contributed by atoms with Gasteiger partial charge in [-0.05, 0) is 32.5 Å². The monoisotopic (exact) mass is 279 g/mol. The van der Waals surface area contributed by atoms with E-state index in [1.54, 1.807) is 12.3 Å². The summed E-state index contributed by atoms with van der Waals surface area (Å²) in [5.41, 5.74) is 4.41. The van der Waals surface area contributed by atoms with Gasteiger partial charge in [-0.2, -0.15) is 0 Å². The molecule has 0 atom stereocenters. The van der Waals surface area contributed by atoms with Gasteiger partial charge in [0.1, 0.15) is 0 Å². The fraction of sp³-hybridized carbons (Fsp3) is 0.571. The number of carbonyl (C=O) groups is 1. The molecule has 1 amide bonds. The van der Waals surface area contributed by atoms with E-state index in [9.17, 15) is 4.79 Å². The summed E-state index contributed by atoms with van der Waals surface area (Å²) in [7, 11) is 0. The van der Waals surface area contributed by atoms with Crippen LogP contribution in [0.3, 0.4) is 0 Å². The fourth-order valence-electron chi connectivity index (χ4n) is 2.03. The predicted molar refractivity (Wildman–Crippen MR) is 81.5 cm³/mol. The number of carbonyl (C=O) groups excluding carboxylic acids is 1. The Morgan fingerprint density at radius 1 is 1.40 bits per heavy atom. The molecule has 1 heterocycles. The van der Waals surface area contributed by atoms with Crippen LogP contribution in [0.2, 0.25) is 0 Å². The molecule has 20 heavy (non-hydrogen) atoms. The maximum absolute atomic E-state index is 12.1. The molecule has 0 aliphatic heterocycles. The molecule has 0 unspecified atom stereocenters. The minimum atomic E-state index is -0.155. The van der Waals surface area contributed by atoms with Gasteiger partial charge in [-0.15, -0.1) is 0 Å². The maximum atomic E-state index is 12.1. The summed E-state index contributed by atoms with van der Waals surface area (Å²) in [6.45, 7) is 9.63. The summed E-state index contributed by atoms with van der Waals surface area (Å²) in [6, 6.07) is 1.75. The van der Waals surface area contributed by atoms with Gasteiger partial charge in [0.05, 0.1) is 11.3 Å². The highest BCUT2D eigenvalue weighted by Gasteiger charge is 2.11. The molecule has 112 valence electrons. The Morgan fingerprint density at radius 3 is 2.75 bits per heavy atom. The van der Waals surface area contributed by atoms with Crippen LogP contribution in [0, 0.1) is 6.92 Å². The number of nitrogens with zero attached hydrogens (tertiary/aromatic N) is 2. The summed E-state index contributed by atoms with van der Waals surface area (Å²) >= 11 is 0. The van der Waals surface area contributed by atoms with Gasteiger partial charge in [0.2, 0.25) is 0 Å². The first kappa shape index (κ1) is 16.4. The van der Waals surface area contributed by atoms with Crippen molar-refractivity contribution in [1.82, 2.24) is 15.2 Å². The Bertz CT molecular complexity index is 436. The lowest BCUT2D eigenvalue weighted by atomic mass is 10.2. The summed E-state index contributed by atoms with van der Waals surface area (Å²) in [5, 5.41) is 2.90. The van der Waals surface area contributed by atoms with E-state index < -0.39 is 0 Å². The molecule has 0 bridgehead atoms. The van der Waals surface area contributed by atoms with Gasteiger partial charge in [0.25, 0.3) is 5.91 Å². The minimum absolute atomic E-state index is 0.155. The minimum Gasteiger partial charge on any atom is -0.351 e. The number of hydrogen-bond acceptors (Lipinski definition) is 5. The number of hydrazine groups is 1. The molecule has 0 spiro atoms. The quantitative estimate of drug-likeness (QED) is 0.491. The number of amides is 1. The average molecular weight is 279 g/mol. The van der Waals surface area contributed by atoms with Gasteiger partial charge in [-0.25, -0.2) is 0 Å². The second-order valence-corrected chi connectivity index (χ2v) is 4.71.